The van der Waals surface area contributed by atoms with Crippen LogP contribution in [0.15, 0.2) is 64.1 Å². The number of carbonyl (C=O) groups is 1. The maximum absolute atomic E-state index is 13.5. The van der Waals surface area contributed by atoms with E-state index in [0.717, 1.165) is 27.6 Å². The fourth-order valence-electron chi connectivity index (χ4n) is 4.48. The monoisotopic (exact) mass is 467 g/mol. The highest BCUT2D eigenvalue weighted by atomic mass is 16.3. The van der Waals surface area contributed by atoms with Gasteiger partial charge in [0.05, 0.1) is 22.6 Å². The zero-order chi connectivity index (χ0) is 24.9. The van der Waals surface area contributed by atoms with Gasteiger partial charge in [-0.25, -0.2) is 4.98 Å². The van der Waals surface area contributed by atoms with E-state index >= 15 is 0 Å². The van der Waals surface area contributed by atoms with Crippen LogP contribution in [-0.4, -0.2) is 20.7 Å². The third-order valence-electron chi connectivity index (χ3n) is 6.15. The molecule has 0 saturated heterocycles. The summed E-state index contributed by atoms with van der Waals surface area (Å²) in [5.74, 6) is -0.102. The molecule has 0 radical (unpaired) electrons. The van der Waals surface area contributed by atoms with Gasteiger partial charge in [-0.1, -0.05) is 6.07 Å². The van der Waals surface area contributed by atoms with Gasteiger partial charge < -0.3 is 15.5 Å². The van der Waals surface area contributed by atoms with Gasteiger partial charge in [-0.05, 0) is 62.7 Å². The van der Waals surface area contributed by atoms with Crippen LogP contribution in [0.5, 0.6) is 0 Å². The van der Waals surface area contributed by atoms with Crippen molar-refractivity contribution in [1.82, 2.24) is 14.8 Å². The number of amides is 1. The van der Waals surface area contributed by atoms with Gasteiger partial charge in [-0.2, -0.15) is 5.10 Å². The van der Waals surface area contributed by atoms with Crippen molar-refractivity contribution >= 4 is 33.5 Å². The normalized spacial score (nSPS) is 12.2. The molecule has 0 aliphatic rings. The molecule has 2 aromatic carbocycles. The molecule has 0 aliphatic carbocycles. The van der Waals surface area contributed by atoms with Crippen molar-refractivity contribution in [3.63, 3.8) is 0 Å². The minimum atomic E-state index is -0.621. The summed E-state index contributed by atoms with van der Waals surface area (Å²) < 4.78 is 8.22. The van der Waals surface area contributed by atoms with Crippen LogP contribution in [-0.2, 0) is 7.05 Å². The Hall–Kier alpha value is -4.46. The zero-order valence-corrected chi connectivity index (χ0v) is 19.9. The second-order valence-corrected chi connectivity index (χ2v) is 8.82. The molecule has 1 amide bonds. The number of pyridine rings is 1. The number of nitrogens with two attached hydrogens (primary N) is 1. The van der Waals surface area contributed by atoms with E-state index in [9.17, 15) is 9.59 Å². The minimum Gasteiger partial charge on any atom is -0.455 e. The van der Waals surface area contributed by atoms with Gasteiger partial charge in [0.15, 0.2) is 11.1 Å². The van der Waals surface area contributed by atoms with Gasteiger partial charge in [0.2, 0.25) is 0 Å². The van der Waals surface area contributed by atoms with Crippen molar-refractivity contribution in [2.24, 2.45) is 12.8 Å². The van der Waals surface area contributed by atoms with Gasteiger partial charge in [-0.3, -0.25) is 14.3 Å². The number of hydrogen-bond donors (Lipinski definition) is 2. The first-order chi connectivity index (χ1) is 16.7. The predicted octanol–water partition coefficient (Wildman–Crippen LogP) is 4.63. The Morgan fingerprint density at radius 2 is 1.97 bits per heavy atom. The molecule has 0 saturated carbocycles. The molecular weight excluding hydrogens is 442 g/mol. The zero-order valence-electron chi connectivity index (χ0n) is 19.9. The SMILES string of the molecule is Cc1cc([C@@H](C)Nc2cccnc2C(N)=O)c2oc(-c3ccc4nn(C)cc4c3)c(C)c(=O)c2c1. The number of aromatic nitrogens is 3. The minimum absolute atomic E-state index is 0.0797. The number of primary amides is 1. The molecule has 176 valence electrons. The van der Waals surface area contributed by atoms with Gasteiger partial charge in [-0.15, -0.1) is 0 Å². The van der Waals surface area contributed by atoms with Crippen LogP contribution in [0.2, 0.25) is 0 Å². The summed E-state index contributed by atoms with van der Waals surface area (Å²) in [6, 6.07) is 12.8. The van der Waals surface area contributed by atoms with Crippen LogP contribution in [0.3, 0.4) is 0 Å². The number of benzene rings is 2. The average Bonchev–Trinajstić information content (AvgIpc) is 3.20. The summed E-state index contributed by atoms with van der Waals surface area (Å²) in [6.45, 7) is 5.66. The fourth-order valence-corrected chi connectivity index (χ4v) is 4.48. The third kappa shape index (κ3) is 3.93. The summed E-state index contributed by atoms with van der Waals surface area (Å²) in [6.07, 6.45) is 3.45. The molecule has 8 heteroatoms. The Kier molecular flexibility index (Phi) is 5.36. The Balaban J connectivity index is 1.68. The Morgan fingerprint density at radius 1 is 1.17 bits per heavy atom. The molecule has 0 aliphatic heterocycles. The van der Waals surface area contributed by atoms with Crippen molar-refractivity contribution in [1.29, 1.82) is 0 Å². The third-order valence-corrected chi connectivity index (χ3v) is 6.15. The molecule has 0 bridgehead atoms. The number of nitrogens with one attached hydrogen (secondary N) is 1. The number of rotatable bonds is 5. The lowest BCUT2D eigenvalue weighted by Gasteiger charge is -2.19. The first-order valence-corrected chi connectivity index (χ1v) is 11.3. The van der Waals surface area contributed by atoms with Crippen LogP contribution >= 0.6 is 0 Å². The van der Waals surface area contributed by atoms with E-state index in [2.05, 4.69) is 15.4 Å². The molecule has 5 aromatic rings. The Labute approximate surface area is 201 Å². The molecule has 1 atom stereocenters. The van der Waals surface area contributed by atoms with Crippen LogP contribution in [0.25, 0.3) is 33.2 Å². The Morgan fingerprint density at radius 3 is 2.74 bits per heavy atom. The summed E-state index contributed by atoms with van der Waals surface area (Å²) in [5, 5.41) is 9.21. The van der Waals surface area contributed by atoms with Gasteiger partial charge in [0, 0.05) is 41.5 Å². The molecule has 3 aromatic heterocycles. The molecule has 3 heterocycles. The summed E-state index contributed by atoms with van der Waals surface area (Å²) >= 11 is 0. The Bertz CT molecular complexity index is 1680. The molecule has 5 rings (SSSR count). The van der Waals surface area contributed by atoms with E-state index < -0.39 is 5.91 Å². The van der Waals surface area contributed by atoms with E-state index in [0.29, 0.717) is 28.0 Å². The quantitative estimate of drug-likeness (QED) is 0.389. The molecule has 0 unspecified atom stereocenters. The largest absolute Gasteiger partial charge is 0.455 e. The smallest absolute Gasteiger partial charge is 0.269 e. The maximum Gasteiger partial charge on any atom is 0.269 e. The van der Waals surface area contributed by atoms with Crippen LogP contribution in [0.1, 0.15) is 40.1 Å². The lowest BCUT2D eigenvalue weighted by Crippen LogP contribution is -2.18. The number of nitrogens with zero attached hydrogens (tertiary/aromatic N) is 3. The average molecular weight is 468 g/mol. The van der Waals surface area contributed by atoms with Crippen LogP contribution in [0.4, 0.5) is 5.69 Å². The predicted molar refractivity (Wildman–Crippen MR) is 136 cm³/mol. The highest BCUT2D eigenvalue weighted by Crippen LogP contribution is 2.33. The van der Waals surface area contributed by atoms with Gasteiger partial charge >= 0.3 is 0 Å². The van der Waals surface area contributed by atoms with Crippen LogP contribution in [0, 0.1) is 13.8 Å². The number of anilines is 1. The first-order valence-electron chi connectivity index (χ1n) is 11.3. The second-order valence-electron chi connectivity index (χ2n) is 8.82. The number of aryl methyl sites for hydroxylation is 2. The van der Waals surface area contributed by atoms with Gasteiger partial charge in [0.1, 0.15) is 11.3 Å². The summed E-state index contributed by atoms with van der Waals surface area (Å²) in [7, 11) is 1.87. The van der Waals surface area contributed by atoms with E-state index in [-0.39, 0.29) is 17.2 Å². The molecule has 0 spiro atoms. The van der Waals surface area contributed by atoms with Crippen molar-refractivity contribution in [3.05, 3.63) is 87.5 Å². The molecular formula is C27H25N5O3. The topological polar surface area (TPSA) is 116 Å². The fraction of sp³-hybridized carbons (Fsp3) is 0.185. The van der Waals surface area contributed by atoms with Crippen molar-refractivity contribution in [3.8, 4) is 11.3 Å². The van der Waals surface area contributed by atoms with E-state index in [1.54, 1.807) is 23.7 Å². The molecule has 8 nitrogen and oxygen atoms in total. The standard InChI is InChI=1S/C27H25N5O3/c1-14-10-19(16(3)30-22-6-5-9-29-23(22)27(28)34)26-20(11-14)24(33)15(2)25(35-26)17-7-8-21-18(12-17)13-32(4)31-21/h5-13,16,30H,1-4H3,(H2,28,34)/t16-/m1/s1. The first kappa shape index (κ1) is 22.3. The molecule has 35 heavy (non-hydrogen) atoms. The van der Waals surface area contributed by atoms with Crippen molar-refractivity contribution in [2.75, 3.05) is 5.32 Å². The van der Waals surface area contributed by atoms with Crippen LogP contribution < -0.4 is 16.5 Å². The van der Waals surface area contributed by atoms with Gasteiger partial charge in [0.25, 0.3) is 5.91 Å². The highest BCUT2D eigenvalue weighted by molar-refractivity contribution is 5.96. The lowest BCUT2D eigenvalue weighted by molar-refractivity contribution is 0.0996. The molecule has 3 N–H and O–H groups in total. The van der Waals surface area contributed by atoms with E-state index in [1.807, 2.05) is 57.4 Å². The second kappa shape index (κ2) is 8.39. The van der Waals surface area contributed by atoms with E-state index in [4.69, 9.17) is 10.2 Å². The number of hydrogen-bond acceptors (Lipinski definition) is 6. The highest BCUT2D eigenvalue weighted by Gasteiger charge is 2.20. The lowest BCUT2D eigenvalue weighted by atomic mass is 9.98. The van der Waals surface area contributed by atoms with Crippen molar-refractivity contribution < 1.29 is 9.21 Å². The summed E-state index contributed by atoms with van der Waals surface area (Å²) in [5.41, 5.74) is 10.5. The molecule has 0 fully saturated rings. The summed E-state index contributed by atoms with van der Waals surface area (Å²) in [4.78, 5) is 29.4. The number of carbonyl (C=O) groups excluding carboxylic acids is 1. The number of fused-ring (bicyclic) bond motifs is 2. The van der Waals surface area contributed by atoms with E-state index in [1.165, 1.54) is 6.20 Å². The maximum atomic E-state index is 13.5. The van der Waals surface area contributed by atoms with Crippen molar-refractivity contribution in [2.45, 2.75) is 26.8 Å².